The van der Waals surface area contributed by atoms with E-state index in [2.05, 4.69) is 16.6 Å². The van der Waals surface area contributed by atoms with Crippen LogP contribution in [0.1, 0.15) is 22.3 Å². The molecule has 16 heavy (non-hydrogen) atoms. The Morgan fingerprint density at radius 1 is 1.50 bits per heavy atom. The Kier molecular flexibility index (Phi) is 4.22. The number of methoxy groups -OCH3 is 1. The first kappa shape index (κ1) is 11.9. The highest BCUT2D eigenvalue weighted by molar-refractivity contribution is 5.89. The molecule has 0 aliphatic rings. The van der Waals surface area contributed by atoms with Gasteiger partial charge >= 0.3 is 5.97 Å². The normalized spacial score (nSPS) is 8.88. The van der Waals surface area contributed by atoms with Gasteiger partial charge in [0.2, 0.25) is 0 Å². The van der Waals surface area contributed by atoms with Crippen molar-refractivity contribution in [3.8, 4) is 11.8 Å². The first-order chi connectivity index (χ1) is 7.67. The molecular weight excluding hydrogens is 211 g/mol. The maximum atomic E-state index is 13.1. The average Bonchev–Trinajstić information content (AvgIpc) is 2.27. The van der Waals surface area contributed by atoms with Crippen LogP contribution in [0.2, 0.25) is 0 Å². The van der Waals surface area contributed by atoms with Gasteiger partial charge in [0.1, 0.15) is 12.1 Å². The van der Waals surface area contributed by atoms with Crippen molar-refractivity contribution in [1.82, 2.24) is 0 Å². The highest BCUT2D eigenvalue weighted by Gasteiger charge is 2.07. The Labute approximate surface area is 92.2 Å². The van der Waals surface area contributed by atoms with E-state index in [1.807, 2.05) is 0 Å². The Morgan fingerprint density at radius 2 is 2.25 bits per heavy atom. The number of halogens is 1. The molecule has 0 radical (unpaired) electrons. The summed E-state index contributed by atoms with van der Waals surface area (Å²) in [6, 6.07) is 3.66. The van der Waals surface area contributed by atoms with Gasteiger partial charge in [0.25, 0.3) is 0 Å². The van der Waals surface area contributed by atoms with Crippen LogP contribution in [0, 0.1) is 17.7 Å². The lowest BCUT2D eigenvalue weighted by Gasteiger charge is -2.00. The second-order valence-electron chi connectivity index (χ2n) is 2.89. The number of esters is 1. The summed E-state index contributed by atoms with van der Waals surface area (Å²) in [5.74, 6) is 3.90. The molecule has 4 heteroatoms. The fourth-order valence-electron chi connectivity index (χ4n) is 1.09. The lowest BCUT2D eigenvalue weighted by Crippen LogP contribution is -2.02. The van der Waals surface area contributed by atoms with Gasteiger partial charge in [-0.25, -0.2) is 9.18 Å². The summed E-state index contributed by atoms with van der Waals surface area (Å²) in [6.07, 6.45) is 0.720. The van der Waals surface area contributed by atoms with E-state index in [1.165, 1.54) is 19.2 Å². The summed E-state index contributed by atoms with van der Waals surface area (Å²) in [6.45, 7) is 0. The molecule has 0 atom stereocenters. The van der Waals surface area contributed by atoms with Gasteiger partial charge in [0, 0.05) is 5.56 Å². The molecule has 0 aliphatic heterocycles. The van der Waals surface area contributed by atoms with Crippen LogP contribution in [0.4, 0.5) is 4.39 Å². The molecule has 0 amide bonds. The van der Waals surface area contributed by atoms with Gasteiger partial charge in [-0.15, -0.1) is 0 Å². The predicted octanol–water partition coefficient (Wildman–Crippen LogP) is 1.55. The van der Waals surface area contributed by atoms with Gasteiger partial charge in [-0.2, -0.15) is 0 Å². The van der Waals surface area contributed by atoms with Crippen LogP contribution in [0.3, 0.4) is 0 Å². The molecule has 0 aromatic heterocycles. The standard InChI is InChI=1S/C12H9FO3/c1-16-12(15)10-6-9(4-2-3-5-14)7-11(13)8-10/h5-8H,3H2,1H3. The van der Waals surface area contributed by atoms with Gasteiger partial charge in [-0.05, 0) is 18.2 Å². The van der Waals surface area contributed by atoms with Crippen LogP contribution in [0.25, 0.3) is 0 Å². The molecule has 0 saturated heterocycles. The number of benzene rings is 1. The summed E-state index contributed by atoms with van der Waals surface area (Å²) in [4.78, 5) is 21.2. The van der Waals surface area contributed by atoms with Gasteiger partial charge in [-0.1, -0.05) is 11.8 Å². The molecule has 0 fully saturated rings. The minimum Gasteiger partial charge on any atom is -0.465 e. The molecule has 0 heterocycles. The zero-order valence-corrected chi connectivity index (χ0v) is 8.62. The first-order valence-corrected chi connectivity index (χ1v) is 4.49. The third kappa shape index (κ3) is 3.21. The van der Waals surface area contributed by atoms with Crippen LogP contribution in [-0.4, -0.2) is 19.4 Å². The summed E-state index contributed by atoms with van der Waals surface area (Å²) in [5.41, 5.74) is 0.431. The van der Waals surface area contributed by atoms with Gasteiger partial charge in [-0.3, -0.25) is 0 Å². The zero-order valence-electron chi connectivity index (χ0n) is 8.62. The van der Waals surface area contributed by atoms with E-state index in [1.54, 1.807) is 0 Å². The fourth-order valence-corrected chi connectivity index (χ4v) is 1.09. The Balaban J connectivity index is 3.04. The van der Waals surface area contributed by atoms with E-state index < -0.39 is 11.8 Å². The molecule has 0 bridgehead atoms. The van der Waals surface area contributed by atoms with Crippen molar-refractivity contribution in [1.29, 1.82) is 0 Å². The first-order valence-electron chi connectivity index (χ1n) is 4.49. The minimum absolute atomic E-state index is 0.0735. The summed E-state index contributed by atoms with van der Waals surface area (Å²) >= 11 is 0. The molecule has 0 aliphatic carbocycles. The van der Waals surface area contributed by atoms with E-state index in [0.29, 0.717) is 11.8 Å². The number of rotatable bonds is 2. The molecular formula is C12H9FO3. The Bertz CT molecular complexity index is 469. The summed E-state index contributed by atoms with van der Waals surface area (Å²) < 4.78 is 17.6. The fraction of sp³-hybridized carbons (Fsp3) is 0.167. The molecule has 0 saturated carbocycles. The van der Waals surface area contributed by atoms with E-state index in [-0.39, 0.29) is 12.0 Å². The zero-order chi connectivity index (χ0) is 12.0. The van der Waals surface area contributed by atoms with E-state index in [4.69, 9.17) is 0 Å². The molecule has 0 spiro atoms. The SMILES string of the molecule is COC(=O)c1cc(F)cc(C#CCC=O)c1. The highest BCUT2D eigenvalue weighted by atomic mass is 19.1. The molecule has 0 N–H and O–H groups in total. The van der Waals surface area contributed by atoms with E-state index in [9.17, 15) is 14.0 Å². The van der Waals surface area contributed by atoms with Crippen LogP contribution in [0.5, 0.6) is 0 Å². The summed E-state index contributed by atoms with van der Waals surface area (Å²) in [5, 5.41) is 0. The predicted molar refractivity (Wildman–Crippen MR) is 55.3 cm³/mol. The number of carbonyl (C=O) groups excluding carboxylic acids is 2. The van der Waals surface area contributed by atoms with Crippen molar-refractivity contribution in [2.24, 2.45) is 0 Å². The average molecular weight is 220 g/mol. The van der Waals surface area contributed by atoms with E-state index in [0.717, 1.165) is 6.07 Å². The van der Waals surface area contributed by atoms with Crippen molar-refractivity contribution in [3.05, 3.63) is 35.1 Å². The lowest BCUT2D eigenvalue weighted by molar-refractivity contribution is -0.107. The third-order valence-corrected chi connectivity index (χ3v) is 1.74. The number of ether oxygens (including phenoxy) is 1. The maximum absolute atomic E-state index is 13.1. The second-order valence-corrected chi connectivity index (χ2v) is 2.89. The number of hydrogen-bond acceptors (Lipinski definition) is 3. The second kappa shape index (κ2) is 5.66. The number of carbonyl (C=O) groups is 2. The van der Waals surface area contributed by atoms with Gasteiger partial charge in [0.05, 0.1) is 19.1 Å². The highest BCUT2D eigenvalue weighted by Crippen LogP contribution is 2.09. The summed E-state index contributed by atoms with van der Waals surface area (Å²) in [7, 11) is 1.21. The molecule has 0 unspecified atom stereocenters. The third-order valence-electron chi connectivity index (χ3n) is 1.74. The van der Waals surface area contributed by atoms with Crippen LogP contribution in [0.15, 0.2) is 18.2 Å². The minimum atomic E-state index is -0.627. The Hall–Kier alpha value is -2.15. The molecule has 1 aromatic carbocycles. The van der Waals surface area contributed by atoms with Crippen molar-refractivity contribution >= 4 is 12.3 Å². The van der Waals surface area contributed by atoms with Crippen molar-refractivity contribution in [2.45, 2.75) is 6.42 Å². The van der Waals surface area contributed by atoms with Crippen molar-refractivity contribution in [2.75, 3.05) is 7.11 Å². The molecule has 82 valence electrons. The van der Waals surface area contributed by atoms with Crippen molar-refractivity contribution in [3.63, 3.8) is 0 Å². The van der Waals surface area contributed by atoms with Gasteiger partial charge in [0.15, 0.2) is 0 Å². The largest absolute Gasteiger partial charge is 0.465 e. The van der Waals surface area contributed by atoms with Gasteiger partial charge < -0.3 is 9.53 Å². The van der Waals surface area contributed by atoms with Crippen LogP contribution < -0.4 is 0 Å². The quantitative estimate of drug-likeness (QED) is 0.431. The molecule has 3 nitrogen and oxygen atoms in total. The number of hydrogen-bond donors (Lipinski definition) is 0. The monoisotopic (exact) mass is 220 g/mol. The van der Waals surface area contributed by atoms with Crippen molar-refractivity contribution < 1.29 is 18.7 Å². The van der Waals surface area contributed by atoms with Crippen LogP contribution in [-0.2, 0) is 9.53 Å². The van der Waals surface area contributed by atoms with E-state index >= 15 is 0 Å². The van der Waals surface area contributed by atoms with Crippen LogP contribution >= 0.6 is 0 Å². The smallest absolute Gasteiger partial charge is 0.337 e. The number of aldehydes is 1. The Morgan fingerprint density at radius 3 is 2.88 bits per heavy atom. The molecule has 1 rings (SSSR count). The maximum Gasteiger partial charge on any atom is 0.337 e. The lowest BCUT2D eigenvalue weighted by atomic mass is 10.1. The molecule has 1 aromatic rings. The topological polar surface area (TPSA) is 43.4 Å².